The molecule has 1 aliphatic heterocycles. The van der Waals surface area contributed by atoms with Gasteiger partial charge in [0.05, 0.1) is 5.56 Å². The van der Waals surface area contributed by atoms with Crippen molar-refractivity contribution in [3.05, 3.63) is 47.7 Å². The molecule has 0 bridgehead atoms. The molecule has 2 atom stereocenters. The van der Waals surface area contributed by atoms with E-state index >= 15 is 0 Å². The third-order valence-corrected chi connectivity index (χ3v) is 5.90. The zero-order valence-corrected chi connectivity index (χ0v) is 17.5. The molecule has 6 heteroatoms. The highest BCUT2D eigenvalue weighted by Gasteiger charge is 2.61. The van der Waals surface area contributed by atoms with Gasteiger partial charge in [-0.2, -0.15) is 0 Å². The number of likely N-dealkylation sites (tertiary alicyclic amines) is 1. The van der Waals surface area contributed by atoms with Crippen molar-refractivity contribution in [1.29, 1.82) is 0 Å². The molecule has 2 N–H and O–H groups in total. The van der Waals surface area contributed by atoms with Crippen LogP contribution in [-0.2, 0) is 4.74 Å². The molecule has 154 valence electrons. The Morgan fingerprint density at radius 2 is 2.00 bits per heavy atom. The van der Waals surface area contributed by atoms with E-state index in [0.717, 1.165) is 23.4 Å². The fourth-order valence-electron chi connectivity index (χ4n) is 4.25. The van der Waals surface area contributed by atoms with Crippen molar-refractivity contribution in [2.45, 2.75) is 39.7 Å². The van der Waals surface area contributed by atoms with E-state index in [1.807, 2.05) is 64.1 Å². The minimum absolute atomic E-state index is 0.000956. The van der Waals surface area contributed by atoms with Crippen LogP contribution in [0.1, 0.15) is 43.2 Å². The number of nitrogens with zero attached hydrogens (tertiary/aromatic N) is 1. The van der Waals surface area contributed by atoms with Gasteiger partial charge in [-0.05, 0) is 51.7 Å². The maximum Gasteiger partial charge on any atom is 0.410 e. The SMILES string of the molecule is Cc1[nH]c(-c2ccccc2)cc1C(=O)NC[C@@]12C[C@@H]1CN(C(=O)OC(C)(C)C)C2. The van der Waals surface area contributed by atoms with Crippen LogP contribution >= 0.6 is 0 Å². The van der Waals surface area contributed by atoms with Gasteiger partial charge >= 0.3 is 6.09 Å². The molecule has 29 heavy (non-hydrogen) atoms. The first kappa shape index (κ1) is 19.6. The summed E-state index contributed by atoms with van der Waals surface area (Å²) in [4.78, 5) is 30.2. The normalized spacial score (nSPS) is 22.9. The number of benzene rings is 1. The van der Waals surface area contributed by atoms with Crippen LogP contribution in [0, 0.1) is 18.3 Å². The lowest BCUT2D eigenvalue weighted by Gasteiger charge is -2.26. The van der Waals surface area contributed by atoms with Crippen LogP contribution in [0.4, 0.5) is 4.79 Å². The van der Waals surface area contributed by atoms with Gasteiger partial charge in [-0.3, -0.25) is 4.79 Å². The predicted molar refractivity (Wildman–Crippen MR) is 112 cm³/mol. The molecule has 1 aliphatic carbocycles. The third-order valence-electron chi connectivity index (χ3n) is 5.90. The molecule has 6 nitrogen and oxygen atoms in total. The fourth-order valence-corrected chi connectivity index (χ4v) is 4.25. The third kappa shape index (κ3) is 4.02. The first-order valence-electron chi connectivity index (χ1n) is 10.2. The summed E-state index contributed by atoms with van der Waals surface area (Å²) in [6.45, 7) is 9.49. The molecule has 2 fully saturated rings. The number of aryl methyl sites for hydroxylation is 1. The molecule has 0 radical (unpaired) electrons. The second kappa shape index (κ2) is 6.94. The maximum absolute atomic E-state index is 12.8. The lowest BCUT2D eigenvalue weighted by atomic mass is 10.1. The number of H-pyrrole nitrogens is 1. The first-order chi connectivity index (χ1) is 13.7. The van der Waals surface area contributed by atoms with E-state index in [-0.39, 0.29) is 17.4 Å². The van der Waals surface area contributed by atoms with Crippen molar-refractivity contribution in [3.63, 3.8) is 0 Å². The average molecular weight is 396 g/mol. The van der Waals surface area contributed by atoms with Crippen LogP contribution in [0.25, 0.3) is 11.3 Å². The molecule has 1 saturated carbocycles. The number of nitrogens with one attached hydrogen (secondary N) is 2. The minimum Gasteiger partial charge on any atom is -0.444 e. The number of carbonyl (C=O) groups is 2. The molecule has 2 aromatic rings. The van der Waals surface area contributed by atoms with Crippen LogP contribution in [0.5, 0.6) is 0 Å². The Labute approximate surface area is 171 Å². The summed E-state index contributed by atoms with van der Waals surface area (Å²) >= 11 is 0. The first-order valence-corrected chi connectivity index (χ1v) is 10.2. The smallest absolute Gasteiger partial charge is 0.410 e. The summed E-state index contributed by atoms with van der Waals surface area (Å²) in [6.07, 6.45) is 0.790. The van der Waals surface area contributed by atoms with Crippen LogP contribution < -0.4 is 5.32 Å². The molecule has 2 aliphatic rings. The molecule has 1 aromatic carbocycles. The number of aromatic amines is 1. The van der Waals surface area contributed by atoms with Crippen molar-refractivity contribution in [3.8, 4) is 11.3 Å². The summed E-state index contributed by atoms with van der Waals surface area (Å²) in [7, 11) is 0. The van der Waals surface area contributed by atoms with E-state index in [1.165, 1.54) is 0 Å². The molecular weight excluding hydrogens is 366 g/mol. The highest BCUT2D eigenvalue weighted by molar-refractivity contribution is 5.96. The predicted octanol–water partition coefficient (Wildman–Crippen LogP) is 3.98. The van der Waals surface area contributed by atoms with E-state index in [2.05, 4.69) is 10.3 Å². The average Bonchev–Trinajstić information content (AvgIpc) is 3.00. The quantitative estimate of drug-likeness (QED) is 0.822. The van der Waals surface area contributed by atoms with Crippen molar-refractivity contribution >= 4 is 12.0 Å². The van der Waals surface area contributed by atoms with Gasteiger partial charge in [0.1, 0.15) is 5.60 Å². The van der Waals surface area contributed by atoms with Gasteiger partial charge in [-0.1, -0.05) is 30.3 Å². The zero-order valence-electron chi connectivity index (χ0n) is 17.5. The minimum atomic E-state index is -0.493. The Morgan fingerprint density at radius 1 is 1.28 bits per heavy atom. The molecule has 2 amide bonds. The van der Waals surface area contributed by atoms with Gasteiger partial charge in [-0.15, -0.1) is 0 Å². The largest absolute Gasteiger partial charge is 0.444 e. The number of ether oxygens (including phenoxy) is 1. The summed E-state index contributed by atoms with van der Waals surface area (Å²) in [5.74, 6) is 0.374. The highest BCUT2D eigenvalue weighted by Crippen LogP contribution is 2.57. The number of amides is 2. The highest BCUT2D eigenvalue weighted by atomic mass is 16.6. The Kier molecular flexibility index (Phi) is 4.68. The number of aromatic nitrogens is 1. The molecule has 0 spiro atoms. The van der Waals surface area contributed by atoms with Crippen LogP contribution in [0.15, 0.2) is 36.4 Å². The van der Waals surface area contributed by atoms with Gasteiger partial charge in [0.15, 0.2) is 0 Å². The molecular formula is C23H29N3O3. The number of hydrogen-bond acceptors (Lipinski definition) is 3. The van der Waals surface area contributed by atoms with Gasteiger partial charge in [0.25, 0.3) is 5.91 Å². The van der Waals surface area contributed by atoms with E-state index in [0.29, 0.717) is 31.1 Å². The Morgan fingerprint density at radius 3 is 2.69 bits per heavy atom. The fraction of sp³-hybridized carbons (Fsp3) is 0.478. The van der Waals surface area contributed by atoms with Crippen LogP contribution in [-0.4, -0.2) is 47.1 Å². The lowest BCUT2D eigenvalue weighted by Crippen LogP contribution is -2.39. The second-order valence-corrected chi connectivity index (χ2v) is 9.39. The van der Waals surface area contributed by atoms with Crippen molar-refractivity contribution < 1.29 is 14.3 Å². The number of fused-ring (bicyclic) bond motifs is 1. The molecule has 1 saturated heterocycles. The Hall–Kier alpha value is -2.76. The Bertz CT molecular complexity index is 929. The van der Waals surface area contributed by atoms with Crippen molar-refractivity contribution in [2.24, 2.45) is 11.3 Å². The van der Waals surface area contributed by atoms with E-state index in [9.17, 15) is 9.59 Å². The molecule has 0 unspecified atom stereocenters. The second-order valence-electron chi connectivity index (χ2n) is 9.39. The monoisotopic (exact) mass is 395 g/mol. The zero-order chi connectivity index (χ0) is 20.8. The molecule has 1 aromatic heterocycles. The summed E-state index contributed by atoms with van der Waals surface area (Å²) < 4.78 is 5.49. The van der Waals surface area contributed by atoms with E-state index < -0.39 is 5.60 Å². The topological polar surface area (TPSA) is 74.4 Å². The van der Waals surface area contributed by atoms with Gasteiger partial charge < -0.3 is 19.9 Å². The standard InChI is InChI=1S/C23H29N3O3/c1-15-18(10-19(25-15)16-8-6-5-7-9-16)20(27)24-13-23-11-17(23)12-26(14-23)21(28)29-22(2,3)4/h5-10,17,25H,11-14H2,1-4H3,(H,24,27)/t17-,23-/m1/s1. The summed E-state index contributed by atoms with van der Waals surface area (Å²) in [5.41, 5.74) is 3.02. The van der Waals surface area contributed by atoms with E-state index in [4.69, 9.17) is 4.74 Å². The Balaban J connectivity index is 1.36. The number of hydrogen-bond donors (Lipinski definition) is 2. The van der Waals surface area contributed by atoms with Gasteiger partial charge in [-0.25, -0.2) is 4.79 Å². The van der Waals surface area contributed by atoms with E-state index in [1.54, 1.807) is 4.90 Å². The summed E-state index contributed by atoms with van der Waals surface area (Å²) in [6, 6.07) is 11.9. The van der Waals surface area contributed by atoms with Crippen LogP contribution in [0.2, 0.25) is 0 Å². The molecule has 4 rings (SSSR count). The van der Waals surface area contributed by atoms with Crippen molar-refractivity contribution in [1.82, 2.24) is 15.2 Å². The number of rotatable bonds is 4. The number of piperidine rings is 1. The van der Waals surface area contributed by atoms with Crippen molar-refractivity contribution in [2.75, 3.05) is 19.6 Å². The lowest BCUT2D eigenvalue weighted by molar-refractivity contribution is 0.0262. The van der Waals surface area contributed by atoms with Gasteiger partial charge in [0, 0.05) is 36.4 Å². The number of carbonyl (C=O) groups excluding carboxylic acids is 2. The van der Waals surface area contributed by atoms with Gasteiger partial charge in [0.2, 0.25) is 0 Å². The van der Waals surface area contributed by atoms with Crippen LogP contribution in [0.3, 0.4) is 0 Å². The summed E-state index contributed by atoms with van der Waals surface area (Å²) in [5, 5.41) is 3.10. The molecule has 2 heterocycles. The maximum atomic E-state index is 12.8.